The maximum absolute atomic E-state index is 11.9. The molecule has 1 rings (SSSR count). The molecule has 6 heteroatoms. The average Bonchev–Trinajstić information content (AvgIpc) is 2.32. The topological polar surface area (TPSA) is 43.4 Å². The Morgan fingerprint density at radius 1 is 1.17 bits per heavy atom. The van der Waals surface area contributed by atoms with Gasteiger partial charge in [0, 0.05) is 5.02 Å². The van der Waals surface area contributed by atoms with Crippen LogP contribution in [0.25, 0.3) is 0 Å². The molecule has 0 aromatic heterocycles. The first kappa shape index (κ1) is 15.8. The predicted molar refractivity (Wildman–Crippen MR) is 73.7 cm³/mol. The van der Waals surface area contributed by atoms with Crippen molar-refractivity contribution in [1.29, 1.82) is 0 Å². The molecule has 18 heavy (non-hydrogen) atoms. The van der Waals surface area contributed by atoms with Gasteiger partial charge in [0.05, 0.1) is 11.6 Å². The summed E-state index contributed by atoms with van der Waals surface area (Å²) < 4.78 is 28.7. The molecule has 1 aromatic carbocycles. The molecular formula is C12H16Cl2O3S. The third-order valence-corrected chi connectivity index (χ3v) is 4.43. The summed E-state index contributed by atoms with van der Waals surface area (Å²) in [5, 5.41) is 0.431. The smallest absolute Gasteiger partial charge is 0.266 e. The van der Waals surface area contributed by atoms with Gasteiger partial charge in [-0.25, -0.2) is 0 Å². The Morgan fingerprint density at radius 2 is 1.89 bits per heavy atom. The van der Waals surface area contributed by atoms with Crippen molar-refractivity contribution in [2.75, 3.05) is 6.61 Å². The van der Waals surface area contributed by atoms with Crippen LogP contribution in [0.3, 0.4) is 0 Å². The molecule has 0 spiro atoms. The van der Waals surface area contributed by atoms with Crippen LogP contribution in [0.5, 0.6) is 0 Å². The summed E-state index contributed by atoms with van der Waals surface area (Å²) in [4.78, 5) is -0.0767. The second-order valence-corrected chi connectivity index (χ2v) is 6.34. The number of unbranched alkanes of at least 4 members (excludes halogenated alkanes) is 3. The van der Waals surface area contributed by atoms with E-state index in [-0.39, 0.29) is 16.5 Å². The minimum absolute atomic E-state index is 0.0767. The van der Waals surface area contributed by atoms with Gasteiger partial charge in [-0.05, 0) is 24.6 Å². The maximum atomic E-state index is 11.9. The van der Waals surface area contributed by atoms with Crippen molar-refractivity contribution in [2.45, 2.75) is 37.5 Å². The minimum Gasteiger partial charge on any atom is -0.266 e. The molecule has 0 saturated carbocycles. The third kappa shape index (κ3) is 4.76. The standard InChI is InChI=1S/C12H16Cl2O3S/c1-2-3-4-5-8-17-18(15,16)12-9-10(13)6-7-11(12)14/h6-7,9H,2-5,8H2,1H3. The van der Waals surface area contributed by atoms with Gasteiger partial charge >= 0.3 is 0 Å². The fourth-order valence-corrected chi connectivity index (χ4v) is 3.11. The lowest BCUT2D eigenvalue weighted by Crippen LogP contribution is -2.08. The lowest BCUT2D eigenvalue weighted by Gasteiger charge is -2.07. The van der Waals surface area contributed by atoms with E-state index in [1.807, 2.05) is 0 Å². The summed E-state index contributed by atoms with van der Waals surface area (Å²) in [7, 11) is -3.82. The molecular weight excluding hydrogens is 295 g/mol. The maximum Gasteiger partial charge on any atom is 0.298 e. The van der Waals surface area contributed by atoms with Gasteiger partial charge in [-0.3, -0.25) is 4.18 Å². The Morgan fingerprint density at radius 3 is 2.56 bits per heavy atom. The molecule has 0 unspecified atom stereocenters. The summed E-state index contributed by atoms with van der Waals surface area (Å²) in [5.74, 6) is 0. The monoisotopic (exact) mass is 310 g/mol. The number of halogens is 2. The molecule has 0 bridgehead atoms. The number of hydrogen-bond donors (Lipinski definition) is 0. The van der Waals surface area contributed by atoms with Crippen LogP contribution in [0.2, 0.25) is 10.0 Å². The Balaban J connectivity index is 2.66. The zero-order valence-electron chi connectivity index (χ0n) is 10.2. The number of benzene rings is 1. The van der Waals surface area contributed by atoms with Crippen molar-refractivity contribution < 1.29 is 12.6 Å². The molecule has 1 aromatic rings. The lowest BCUT2D eigenvalue weighted by molar-refractivity contribution is 0.307. The van der Waals surface area contributed by atoms with Crippen molar-refractivity contribution in [3.8, 4) is 0 Å². The van der Waals surface area contributed by atoms with E-state index in [4.69, 9.17) is 27.4 Å². The zero-order valence-corrected chi connectivity index (χ0v) is 12.5. The Kier molecular flexibility index (Phi) is 6.43. The van der Waals surface area contributed by atoms with E-state index >= 15 is 0 Å². The van der Waals surface area contributed by atoms with Crippen LogP contribution < -0.4 is 0 Å². The molecule has 3 nitrogen and oxygen atoms in total. The van der Waals surface area contributed by atoms with Crippen molar-refractivity contribution in [1.82, 2.24) is 0 Å². The minimum atomic E-state index is -3.82. The molecule has 0 heterocycles. The summed E-state index contributed by atoms with van der Waals surface area (Å²) in [6.45, 7) is 2.26. The van der Waals surface area contributed by atoms with Crippen molar-refractivity contribution >= 4 is 33.3 Å². The molecule has 0 atom stereocenters. The van der Waals surface area contributed by atoms with Crippen LogP contribution in [0, 0.1) is 0 Å². The summed E-state index contributed by atoms with van der Waals surface area (Å²) >= 11 is 11.6. The molecule has 102 valence electrons. The molecule has 0 amide bonds. The first-order valence-corrected chi connectivity index (χ1v) is 7.98. The summed E-state index contributed by atoms with van der Waals surface area (Å²) in [6, 6.07) is 4.27. The quantitative estimate of drug-likeness (QED) is 0.557. The van der Waals surface area contributed by atoms with Crippen LogP contribution in [-0.4, -0.2) is 15.0 Å². The predicted octanol–water partition coefficient (Wildman–Crippen LogP) is 4.28. The molecule has 0 aliphatic carbocycles. The van der Waals surface area contributed by atoms with Crippen molar-refractivity contribution in [3.63, 3.8) is 0 Å². The molecule has 0 aliphatic rings. The Labute approximate surface area is 118 Å². The highest BCUT2D eigenvalue weighted by atomic mass is 35.5. The second kappa shape index (κ2) is 7.34. The summed E-state index contributed by atoms with van der Waals surface area (Å²) in [6.07, 6.45) is 3.83. The van der Waals surface area contributed by atoms with Gasteiger partial charge in [0.15, 0.2) is 0 Å². The third-order valence-electron chi connectivity index (χ3n) is 2.40. The molecule has 0 fully saturated rings. The first-order valence-electron chi connectivity index (χ1n) is 5.82. The van der Waals surface area contributed by atoms with E-state index in [1.165, 1.54) is 18.2 Å². The highest BCUT2D eigenvalue weighted by Crippen LogP contribution is 2.26. The van der Waals surface area contributed by atoms with Gasteiger partial charge in [0.25, 0.3) is 10.1 Å². The van der Waals surface area contributed by atoms with Crippen LogP contribution >= 0.6 is 23.2 Å². The van der Waals surface area contributed by atoms with Gasteiger partial charge < -0.3 is 0 Å². The summed E-state index contributed by atoms with van der Waals surface area (Å²) in [5.41, 5.74) is 0. The number of hydrogen-bond acceptors (Lipinski definition) is 3. The van der Waals surface area contributed by atoms with E-state index < -0.39 is 10.1 Å². The number of rotatable bonds is 7. The van der Waals surface area contributed by atoms with Crippen LogP contribution in [0.4, 0.5) is 0 Å². The van der Waals surface area contributed by atoms with Crippen LogP contribution in [0.1, 0.15) is 32.6 Å². The van der Waals surface area contributed by atoms with Gasteiger partial charge in [0.2, 0.25) is 0 Å². The van der Waals surface area contributed by atoms with E-state index in [0.717, 1.165) is 19.3 Å². The Bertz CT molecular complexity index is 486. The molecule has 0 N–H and O–H groups in total. The Hall–Kier alpha value is -0.290. The van der Waals surface area contributed by atoms with Crippen LogP contribution in [0.15, 0.2) is 23.1 Å². The highest BCUT2D eigenvalue weighted by Gasteiger charge is 2.19. The zero-order chi connectivity index (χ0) is 13.6. The molecule has 0 aliphatic heterocycles. The van der Waals surface area contributed by atoms with Gasteiger partial charge in [0.1, 0.15) is 4.90 Å². The van der Waals surface area contributed by atoms with E-state index in [1.54, 1.807) is 0 Å². The second-order valence-electron chi connectivity index (χ2n) is 3.91. The van der Waals surface area contributed by atoms with E-state index in [9.17, 15) is 8.42 Å². The molecule has 0 saturated heterocycles. The van der Waals surface area contributed by atoms with Crippen molar-refractivity contribution in [3.05, 3.63) is 28.2 Å². The lowest BCUT2D eigenvalue weighted by atomic mass is 10.2. The average molecular weight is 311 g/mol. The van der Waals surface area contributed by atoms with E-state index in [2.05, 4.69) is 6.92 Å². The largest absolute Gasteiger partial charge is 0.298 e. The van der Waals surface area contributed by atoms with Gasteiger partial charge in [-0.15, -0.1) is 0 Å². The van der Waals surface area contributed by atoms with E-state index in [0.29, 0.717) is 11.4 Å². The first-order chi connectivity index (χ1) is 8.47. The van der Waals surface area contributed by atoms with Crippen molar-refractivity contribution in [2.24, 2.45) is 0 Å². The normalized spacial score (nSPS) is 11.7. The fourth-order valence-electron chi connectivity index (χ4n) is 1.43. The SMILES string of the molecule is CCCCCCOS(=O)(=O)c1cc(Cl)ccc1Cl. The highest BCUT2D eigenvalue weighted by molar-refractivity contribution is 7.86. The molecule has 0 radical (unpaired) electrons. The van der Waals surface area contributed by atoms with Gasteiger partial charge in [-0.1, -0.05) is 49.4 Å². The van der Waals surface area contributed by atoms with Crippen LogP contribution in [-0.2, 0) is 14.3 Å². The fraction of sp³-hybridized carbons (Fsp3) is 0.500. The van der Waals surface area contributed by atoms with Gasteiger partial charge in [-0.2, -0.15) is 8.42 Å².